The molecule has 13 heavy (non-hydrogen) atoms. The summed E-state index contributed by atoms with van der Waals surface area (Å²) in [4.78, 5) is 27.9. The van der Waals surface area contributed by atoms with Crippen LogP contribution in [0.4, 0.5) is 0 Å². The normalized spacial score (nSPS) is 9.62. The van der Waals surface area contributed by atoms with E-state index in [4.69, 9.17) is 5.73 Å². The molecule has 0 aliphatic carbocycles. The molecule has 0 spiro atoms. The van der Waals surface area contributed by atoms with E-state index in [1.807, 2.05) is 0 Å². The van der Waals surface area contributed by atoms with Crippen molar-refractivity contribution >= 4 is 11.9 Å². The van der Waals surface area contributed by atoms with Gasteiger partial charge >= 0.3 is 5.97 Å². The van der Waals surface area contributed by atoms with Crippen molar-refractivity contribution in [2.45, 2.75) is 6.42 Å². The predicted molar refractivity (Wildman–Crippen MR) is 42.8 cm³/mol. The number of hydrogen-bond donors (Lipinski definition) is 2. The Hall–Kier alpha value is -1.85. The lowest BCUT2D eigenvalue weighted by Crippen LogP contribution is -2.16. The first-order valence-corrected chi connectivity index (χ1v) is 3.54. The first-order valence-electron chi connectivity index (χ1n) is 3.54. The van der Waals surface area contributed by atoms with Crippen LogP contribution in [-0.4, -0.2) is 29.0 Å². The molecule has 0 unspecified atom stereocenters. The average molecular weight is 183 g/mol. The highest BCUT2D eigenvalue weighted by atomic mass is 16.5. The zero-order valence-corrected chi connectivity index (χ0v) is 7.03. The predicted octanol–water partition coefficient (Wildman–Crippen LogP) is -0.776. The van der Waals surface area contributed by atoms with Gasteiger partial charge in [-0.25, -0.2) is 4.98 Å². The SMILES string of the molecule is COC(=O)Cc1[nH]cnc1C(N)=O. The molecule has 0 saturated carbocycles. The largest absolute Gasteiger partial charge is 0.469 e. The van der Waals surface area contributed by atoms with Crippen molar-refractivity contribution in [2.24, 2.45) is 5.73 Å². The molecule has 1 aromatic heterocycles. The van der Waals surface area contributed by atoms with Crippen molar-refractivity contribution in [3.8, 4) is 0 Å². The number of rotatable bonds is 3. The number of carbonyl (C=O) groups is 2. The monoisotopic (exact) mass is 183 g/mol. The lowest BCUT2D eigenvalue weighted by atomic mass is 10.2. The Labute approximate surface area is 74.1 Å². The standard InChI is InChI=1S/C7H9N3O3/c1-13-5(11)2-4-6(7(8)12)10-3-9-4/h3H,2H2,1H3,(H2,8,12)(H,9,10). The van der Waals surface area contributed by atoms with Crippen molar-refractivity contribution in [1.29, 1.82) is 0 Å². The number of aromatic amines is 1. The van der Waals surface area contributed by atoms with E-state index in [0.717, 1.165) is 0 Å². The number of carbonyl (C=O) groups excluding carboxylic acids is 2. The van der Waals surface area contributed by atoms with E-state index in [2.05, 4.69) is 14.7 Å². The summed E-state index contributed by atoms with van der Waals surface area (Å²) in [6.07, 6.45) is 1.27. The van der Waals surface area contributed by atoms with Crippen LogP contribution in [0.2, 0.25) is 0 Å². The van der Waals surface area contributed by atoms with Crippen LogP contribution in [0, 0.1) is 0 Å². The van der Waals surface area contributed by atoms with Crippen LogP contribution in [-0.2, 0) is 16.0 Å². The summed E-state index contributed by atoms with van der Waals surface area (Å²) < 4.78 is 4.42. The zero-order chi connectivity index (χ0) is 9.84. The molecule has 1 heterocycles. The molecule has 70 valence electrons. The number of primary amides is 1. The fraction of sp³-hybridized carbons (Fsp3) is 0.286. The number of H-pyrrole nitrogens is 1. The minimum absolute atomic E-state index is 0.0330. The third-order valence-electron chi connectivity index (χ3n) is 1.50. The fourth-order valence-corrected chi connectivity index (χ4v) is 0.885. The molecule has 0 aliphatic rings. The molecule has 0 radical (unpaired) electrons. The number of aromatic nitrogens is 2. The van der Waals surface area contributed by atoms with Crippen molar-refractivity contribution in [1.82, 2.24) is 9.97 Å². The molecule has 1 aromatic rings. The van der Waals surface area contributed by atoms with Crippen LogP contribution in [0.1, 0.15) is 16.2 Å². The highest BCUT2D eigenvalue weighted by molar-refractivity contribution is 5.93. The van der Waals surface area contributed by atoms with Crippen molar-refractivity contribution < 1.29 is 14.3 Å². The second-order valence-electron chi connectivity index (χ2n) is 2.35. The highest BCUT2D eigenvalue weighted by Gasteiger charge is 2.14. The van der Waals surface area contributed by atoms with Gasteiger partial charge in [0.25, 0.3) is 5.91 Å². The van der Waals surface area contributed by atoms with Gasteiger partial charge in [0.05, 0.1) is 25.6 Å². The summed E-state index contributed by atoms with van der Waals surface area (Å²) in [5, 5.41) is 0. The minimum atomic E-state index is -0.667. The van der Waals surface area contributed by atoms with Gasteiger partial charge in [-0.05, 0) is 0 Å². The number of esters is 1. The van der Waals surface area contributed by atoms with Gasteiger partial charge in [0, 0.05) is 0 Å². The molecule has 0 aromatic carbocycles. The molecule has 0 bridgehead atoms. The Kier molecular flexibility index (Phi) is 2.63. The van der Waals surface area contributed by atoms with E-state index in [9.17, 15) is 9.59 Å². The van der Waals surface area contributed by atoms with Crippen LogP contribution < -0.4 is 5.73 Å². The number of nitrogens with one attached hydrogen (secondary N) is 1. The summed E-state index contributed by atoms with van der Waals surface area (Å²) in [5.41, 5.74) is 5.45. The van der Waals surface area contributed by atoms with E-state index in [1.165, 1.54) is 13.4 Å². The molecule has 3 N–H and O–H groups in total. The summed E-state index contributed by atoms with van der Waals surface area (Å²) in [5.74, 6) is -1.12. The summed E-state index contributed by atoms with van der Waals surface area (Å²) in [6, 6.07) is 0. The third kappa shape index (κ3) is 2.05. The Morgan fingerprint density at radius 1 is 1.69 bits per heavy atom. The zero-order valence-electron chi connectivity index (χ0n) is 7.03. The van der Waals surface area contributed by atoms with Gasteiger partial charge in [-0.15, -0.1) is 0 Å². The van der Waals surface area contributed by atoms with Gasteiger partial charge in [-0.2, -0.15) is 0 Å². The van der Waals surface area contributed by atoms with E-state index >= 15 is 0 Å². The fourth-order valence-electron chi connectivity index (χ4n) is 0.885. The first-order chi connectivity index (χ1) is 6.15. The minimum Gasteiger partial charge on any atom is -0.469 e. The second-order valence-corrected chi connectivity index (χ2v) is 2.35. The lowest BCUT2D eigenvalue weighted by molar-refractivity contribution is -0.139. The maximum atomic E-state index is 10.8. The lowest BCUT2D eigenvalue weighted by Gasteiger charge is -1.97. The highest BCUT2D eigenvalue weighted by Crippen LogP contribution is 2.03. The molecule has 0 fully saturated rings. The van der Waals surface area contributed by atoms with Crippen LogP contribution in [0.25, 0.3) is 0 Å². The maximum absolute atomic E-state index is 10.8. The Balaban J connectivity index is 2.82. The van der Waals surface area contributed by atoms with Gasteiger partial charge in [-0.3, -0.25) is 9.59 Å². The van der Waals surface area contributed by atoms with Crippen LogP contribution in [0.15, 0.2) is 6.33 Å². The topological polar surface area (TPSA) is 98.1 Å². The number of nitrogens with zero attached hydrogens (tertiary/aromatic N) is 1. The number of hydrogen-bond acceptors (Lipinski definition) is 4. The van der Waals surface area contributed by atoms with Crippen molar-refractivity contribution in [2.75, 3.05) is 7.11 Å². The molecule has 0 saturated heterocycles. The van der Waals surface area contributed by atoms with Crippen molar-refractivity contribution in [3.63, 3.8) is 0 Å². The number of methoxy groups -OCH3 is 1. The smallest absolute Gasteiger partial charge is 0.311 e. The second kappa shape index (κ2) is 3.70. The molecule has 0 aliphatic heterocycles. The van der Waals surface area contributed by atoms with Crippen LogP contribution in [0.3, 0.4) is 0 Å². The van der Waals surface area contributed by atoms with Gasteiger partial charge in [0.15, 0.2) is 0 Å². The van der Waals surface area contributed by atoms with E-state index < -0.39 is 11.9 Å². The van der Waals surface area contributed by atoms with E-state index in [-0.39, 0.29) is 12.1 Å². The van der Waals surface area contributed by atoms with E-state index in [0.29, 0.717) is 5.69 Å². The Bertz CT molecular complexity index is 331. The van der Waals surface area contributed by atoms with Gasteiger partial charge in [0.1, 0.15) is 5.69 Å². The maximum Gasteiger partial charge on any atom is 0.311 e. The van der Waals surface area contributed by atoms with Crippen LogP contribution in [0.5, 0.6) is 0 Å². The molecular weight excluding hydrogens is 174 g/mol. The van der Waals surface area contributed by atoms with Gasteiger partial charge in [-0.1, -0.05) is 0 Å². The molecule has 6 nitrogen and oxygen atoms in total. The molecule has 0 atom stereocenters. The molecular formula is C7H9N3O3. The quantitative estimate of drug-likeness (QED) is 0.601. The number of ether oxygens (including phenoxy) is 1. The van der Waals surface area contributed by atoms with E-state index in [1.54, 1.807) is 0 Å². The molecule has 6 heteroatoms. The van der Waals surface area contributed by atoms with Gasteiger partial charge in [0.2, 0.25) is 0 Å². The number of amides is 1. The Morgan fingerprint density at radius 2 is 2.38 bits per heavy atom. The van der Waals surface area contributed by atoms with Crippen molar-refractivity contribution in [3.05, 3.63) is 17.7 Å². The number of imidazole rings is 1. The number of nitrogens with two attached hydrogens (primary N) is 1. The summed E-state index contributed by atoms with van der Waals surface area (Å²) in [6.45, 7) is 0. The first kappa shape index (κ1) is 9.24. The summed E-state index contributed by atoms with van der Waals surface area (Å²) >= 11 is 0. The Morgan fingerprint density at radius 3 is 2.92 bits per heavy atom. The van der Waals surface area contributed by atoms with Crippen LogP contribution >= 0.6 is 0 Å². The van der Waals surface area contributed by atoms with Gasteiger partial charge < -0.3 is 15.5 Å². The molecule has 1 rings (SSSR count). The average Bonchev–Trinajstić information content (AvgIpc) is 2.52. The summed E-state index contributed by atoms with van der Waals surface area (Å²) in [7, 11) is 1.27. The molecule has 1 amide bonds. The third-order valence-corrected chi connectivity index (χ3v) is 1.50.